The summed E-state index contributed by atoms with van der Waals surface area (Å²) in [4.78, 5) is 11.4. The molecule has 0 unspecified atom stereocenters. The molecule has 0 saturated heterocycles. The molecule has 0 atom stereocenters. The van der Waals surface area contributed by atoms with Gasteiger partial charge in [-0.2, -0.15) is 0 Å². The molecule has 0 aromatic carbocycles. The fraction of sp³-hybridized carbons (Fsp3) is 0.250. The summed E-state index contributed by atoms with van der Waals surface area (Å²) < 4.78 is 0. The number of nitrogens with zero attached hydrogens (tertiary/aromatic N) is 2. The summed E-state index contributed by atoms with van der Waals surface area (Å²) in [6, 6.07) is 0. The smallest absolute Gasteiger partial charge is 0.144 e. The third kappa shape index (κ3) is 0.967. The number of hydrogen-bond donors (Lipinski definition) is 2. The van der Waals surface area contributed by atoms with Gasteiger partial charge in [-0.25, -0.2) is 9.97 Å². The fourth-order valence-electron chi connectivity index (χ4n) is 1.17. The lowest BCUT2D eigenvalue weighted by Crippen LogP contribution is -2.02. The Labute approximate surface area is 69.8 Å². The number of aromatic nitrogens is 3. The van der Waals surface area contributed by atoms with Crippen LogP contribution in [0.1, 0.15) is 11.4 Å². The predicted octanol–water partition coefficient (Wildman–Crippen LogP) is 0.725. The third-order valence-corrected chi connectivity index (χ3v) is 1.87. The van der Waals surface area contributed by atoms with Gasteiger partial charge in [-0.3, -0.25) is 0 Å². The molecule has 0 saturated carbocycles. The number of fused-ring (bicyclic) bond motifs is 1. The molecule has 0 aliphatic carbocycles. The van der Waals surface area contributed by atoms with Gasteiger partial charge in [-0.05, 0) is 12.5 Å². The highest BCUT2D eigenvalue weighted by molar-refractivity contribution is 5.78. The summed E-state index contributed by atoms with van der Waals surface area (Å²) in [5.41, 5.74) is 7.43. The SMILES string of the molecule is Cc1c[nH]c2nc(CN)ncc12. The van der Waals surface area contributed by atoms with Crippen molar-refractivity contribution in [2.45, 2.75) is 13.5 Å². The highest BCUT2D eigenvalue weighted by atomic mass is 15.0. The van der Waals surface area contributed by atoms with Gasteiger partial charge < -0.3 is 10.7 Å². The normalized spacial score (nSPS) is 10.8. The minimum absolute atomic E-state index is 0.383. The molecule has 0 amide bonds. The molecule has 3 N–H and O–H groups in total. The van der Waals surface area contributed by atoms with Gasteiger partial charge in [-0.15, -0.1) is 0 Å². The van der Waals surface area contributed by atoms with Gasteiger partial charge in [0.25, 0.3) is 0 Å². The summed E-state index contributed by atoms with van der Waals surface area (Å²) in [6.07, 6.45) is 3.72. The maximum atomic E-state index is 5.41. The van der Waals surface area contributed by atoms with Gasteiger partial charge in [0.15, 0.2) is 0 Å². The second kappa shape index (κ2) is 2.57. The summed E-state index contributed by atoms with van der Waals surface area (Å²) in [6.45, 7) is 2.40. The Bertz CT molecular complexity index is 404. The molecule has 0 aliphatic rings. The number of aryl methyl sites for hydroxylation is 1. The maximum absolute atomic E-state index is 5.41. The molecule has 12 heavy (non-hydrogen) atoms. The van der Waals surface area contributed by atoms with Crippen LogP contribution < -0.4 is 5.73 Å². The van der Waals surface area contributed by atoms with E-state index in [1.165, 1.54) is 0 Å². The zero-order valence-electron chi connectivity index (χ0n) is 6.83. The van der Waals surface area contributed by atoms with Crippen molar-refractivity contribution in [1.29, 1.82) is 0 Å². The van der Waals surface area contributed by atoms with Crippen molar-refractivity contribution in [3.63, 3.8) is 0 Å². The number of aromatic amines is 1. The second-order valence-corrected chi connectivity index (χ2v) is 2.72. The molecule has 2 heterocycles. The van der Waals surface area contributed by atoms with Crippen molar-refractivity contribution in [3.8, 4) is 0 Å². The minimum atomic E-state index is 0.383. The van der Waals surface area contributed by atoms with E-state index in [2.05, 4.69) is 15.0 Å². The molecule has 4 heteroatoms. The van der Waals surface area contributed by atoms with Crippen molar-refractivity contribution in [2.75, 3.05) is 0 Å². The molecular formula is C8H10N4. The Morgan fingerprint density at radius 3 is 3.17 bits per heavy atom. The highest BCUT2D eigenvalue weighted by Crippen LogP contribution is 2.13. The van der Waals surface area contributed by atoms with Crippen LogP contribution in [0.3, 0.4) is 0 Å². The second-order valence-electron chi connectivity index (χ2n) is 2.72. The van der Waals surface area contributed by atoms with Crippen molar-refractivity contribution in [2.24, 2.45) is 5.73 Å². The van der Waals surface area contributed by atoms with Crippen LogP contribution in [-0.2, 0) is 6.54 Å². The van der Waals surface area contributed by atoms with E-state index in [9.17, 15) is 0 Å². The summed E-state index contributed by atoms with van der Waals surface area (Å²) in [7, 11) is 0. The number of H-pyrrole nitrogens is 1. The largest absolute Gasteiger partial charge is 0.346 e. The monoisotopic (exact) mass is 162 g/mol. The van der Waals surface area contributed by atoms with Crippen LogP contribution in [0.5, 0.6) is 0 Å². The van der Waals surface area contributed by atoms with E-state index in [-0.39, 0.29) is 0 Å². The van der Waals surface area contributed by atoms with Crippen LogP contribution in [0, 0.1) is 6.92 Å². The van der Waals surface area contributed by atoms with Gasteiger partial charge in [0.1, 0.15) is 11.5 Å². The number of hydrogen-bond acceptors (Lipinski definition) is 3. The molecule has 62 valence electrons. The van der Waals surface area contributed by atoms with Crippen LogP contribution in [0.4, 0.5) is 0 Å². The highest BCUT2D eigenvalue weighted by Gasteiger charge is 2.01. The van der Waals surface area contributed by atoms with E-state index >= 15 is 0 Å². The first-order valence-electron chi connectivity index (χ1n) is 3.81. The Morgan fingerprint density at radius 1 is 1.58 bits per heavy atom. The quantitative estimate of drug-likeness (QED) is 0.649. The molecule has 2 rings (SSSR count). The molecule has 0 fully saturated rings. The van der Waals surface area contributed by atoms with Crippen molar-refractivity contribution in [1.82, 2.24) is 15.0 Å². The standard InChI is InChI=1S/C8H10N4/c1-5-3-11-8-6(5)4-10-7(2-9)12-8/h3-4H,2,9H2,1H3,(H,10,11,12). The zero-order valence-corrected chi connectivity index (χ0v) is 6.83. The molecule has 0 radical (unpaired) electrons. The average Bonchev–Trinajstić information content (AvgIpc) is 2.47. The Hall–Kier alpha value is -1.42. The zero-order chi connectivity index (χ0) is 8.55. The Balaban J connectivity index is 2.69. The van der Waals surface area contributed by atoms with Crippen molar-refractivity contribution < 1.29 is 0 Å². The van der Waals surface area contributed by atoms with Crippen LogP contribution in [-0.4, -0.2) is 15.0 Å². The van der Waals surface area contributed by atoms with E-state index < -0.39 is 0 Å². The van der Waals surface area contributed by atoms with Crippen LogP contribution in [0.15, 0.2) is 12.4 Å². The number of nitrogens with one attached hydrogen (secondary N) is 1. The molecule has 2 aromatic rings. The van der Waals surface area contributed by atoms with Gasteiger partial charge in [-0.1, -0.05) is 0 Å². The first-order chi connectivity index (χ1) is 5.81. The molecule has 2 aromatic heterocycles. The fourth-order valence-corrected chi connectivity index (χ4v) is 1.17. The van der Waals surface area contributed by atoms with Gasteiger partial charge in [0.05, 0.1) is 6.54 Å². The lowest BCUT2D eigenvalue weighted by molar-refractivity contribution is 0.923. The predicted molar refractivity (Wildman–Crippen MR) is 46.5 cm³/mol. The average molecular weight is 162 g/mol. The summed E-state index contributed by atoms with van der Waals surface area (Å²) in [5.74, 6) is 0.671. The molecule has 0 aliphatic heterocycles. The third-order valence-electron chi connectivity index (χ3n) is 1.87. The van der Waals surface area contributed by atoms with Gasteiger partial charge >= 0.3 is 0 Å². The number of nitrogens with two attached hydrogens (primary N) is 1. The van der Waals surface area contributed by atoms with E-state index in [0.29, 0.717) is 12.4 Å². The molecule has 0 spiro atoms. The summed E-state index contributed by atoms with van der Waals surface area (Å²) >= 11 is 0. The van der Waals surface area contributed by atoms with E-state index in [1.54, 1.807) is 6.20 Å². The van der Waals surface area contributed by atoms with Crippen LogP contribution in [0.2, 0.25) is 0 Å². The Morgan fingerprint density at radius 2 is 2.42 bits per heavy atom. The summed E-state index contributed by atoms with van der Waals surface area (Å²) in [5, 5.41) is 1.06. The molecule has 4 nitrogen and oxygen atoms in total. The minimum Gasteiger partial charge on any atom is -0.346 e. The van der Waals surface area contributed by atoms with Crippen molar-refractivity contribution in [3.05, 3.63) is 23.8 Å². The van der Waals surface area contributed by atoms with Gasteiger partial charge in [0, 0.05) is 17.8 Å². The Kier molecular flexibility index (Phi) is 1.55. The topological polar surface area (TPSA) is 67.6 Å². The van der Waals surface area contributed by atoms with E-state index in [0.717, 1.165) is 16.6 Å². The van der Waals surface area contributed by atoms with Gasteiger partial charge in [0.2, 0.25) is 0 Å². The lowest BCUT2D eigenvalue weighted by Gasteiger charge is -1.94. The number of rotatable bonds is 1. The van der Waals surface area contributed by atoms with E-state index in [4.69, 9.17) is 5.73 Å². The molecule has 0 bridgehead atoms. The van der Waals surface area contributed by atoms with Crippen LogP contribution >= 0.6 is 0 Å². The first-order valence-corrected chi connectivity index (χ1v) is 3.81. The maximum Gasteiger partial charge on any atom is 0.144 e. The van der Waals surface area contributed by atoms with Crippen molar-refractivity contribution >= 4 is 11.0 Å². The lowest BCUT2D eigenvalue weighted by atomic mass is 10.3. The first kappa shape index (κ1) is 7.24. The van der Waals surface area contributed by atoms with Crippen LogP contribution in [0.25, 0.3) is 11.0 Å². The van der Waals surface area contributed by atoms with E-state index in [1.807, 2.05) is 13.1 Å². The molecular weight excluding hydrogens is 152 g/mol.